The number of carbonyl (C=O) groups excluding carboxylic acids is 1. The second-order valence-corrected chi connectivity index (χ2v) is 7.69. The third kappa shape index (κ3) is 4.96. The highest BCUT2D eigenvalue weighted by Crippen LogP contribution is 2.36. The van der Waals surface area contributed by atoms with Crippen LogP contribution in [0.3, 0.4) is 0 Å². The minimum absolute atomic E-state index is 0.110. The van der Waals surface area contributed by atoms with Crippen LogP contribution in [0.5, 0.6) is 11.5 Å². The summed E-state index contributed by atoms with van der Waals surface area (Å²) in [6, 6.07) is 14.5. The van der Waals surface area contributed by atoms with Crippen LogP contribution in [-0.4, -0.2) is 27.7 Å². The van der Waals surface area contributed by atoms with Crippen LogP contribution in [0.2, 0.25) is 0 Å². The number of carbonyl (C=O) groups is 1. The molecule has 3 aromatic carbocycles. The molecule has 0 radical (unpaired) electrons. The smallest absolute Gasteiger partial charge is 0.419 e. The number of hydrogen-bond acceptors (Lipinski definition) is 5. The van der Waals surface area contributed by atoms with Gasteiger partial charge in [-0.3, -0.25) is 14.2 Å². The molecular formula is C25H20F3N3O4. The van der Waals surface area contributed by atoms with Gasteiger partial charge in [-0.05, 0) is 48.4 Å². The van der Waals surface area contributed by atoms with Crippen molar-refractivity contribution >= 4 is 22.5 Å². The summed E-state index contributed by atoms with van der Waals surface area (Å²) < 4.78 is 46.1. The molecule has 0 saturated carbocycles. The maximum Gasteiger partial charge on any atom is 0.419 e. The van der Waals surface area contributed by atoms with Gasteiger partial charge < -0.3 is 15.2 Å². The predicted molar refractivity (Wildman–Crippen MR) is 124 cm³/mol. The molecule has 0 bridgehead atoms. The fourth-order valence-corrected chi connectivity index (χ4v) is 3.71. The lowest BCUT2D eigenvalue weighted by Gasteiger charge is -2.13. The molecule has 35 heavy (non-hydrogen) atoms. The van der Waals surface area contributed by atoms with E-state index in [0.29, 0.717) is 23.8 Å². The standard InChI is InChI=1S/C25H20F3N3O4/c1-35-21-8-3-2-5-15(21)11-12-31-14-29-18-6-4-7-19(22(18)24(31)34)30-23(33)16-9-10-20(32)17(13-16)25(26,27)28/h2-10,13-14,32H,11-12H2,1H3,(H,30,33). The van der Waals surface area contributed by atoms with E-state index in [-0.39, 0.29) is 23.2 Å². The van der Waals surface area contributed by atoms with Gasteiger partial charge in [0.05, 0.1) is 35.6 Å². The molecule has 2 N–H and O–H groups in total. The summed E-state index contributed by atoms with van der Waals surface area (Å²) in [7, 11) is 1.56. The largest absolute Gasteiger partial charge is 0.507 e. The monoisotopic (exact) mass is 483 g/mol. The first kappa shape index (κ1) is 23.8. The van der Waals surface area contributed by atoms with Crippen LogP contribution in [0.25, 0.3) is 10.9 Å². The molecule has 7 nitrogen and oxygen atoms in total. The van der Waals surface area contributed by atoms with Crippen molar-refractivity contribution < 1.29 is 27.8 Å². The van der Waals surface area contributed by atoms with Crippen LogP contribution in [0.15, 0.2) is 71.8 Å². The first-order valence-electron chi connectivity index (χ1n) is 10.5. The lowest BCUT2D eigenvalue weighted by atomic mass is 10.1. The van der Waals surface area contributed by atoms with Crippen LogP contribution >= 0.6 is 0 Å². The molecule has 10 heteroatoms. The second-order valence-electron chi connectivity index (χ2n) is 7.69. The van der Waals surface area contributed by atoms with E-state index in [4.69, 9.17) is 4.74 Å². The van der Waals surface area contributed by atoms with Gasteiger partial charge >= 0.3 is 6.18 Å². The number of amides is 1. The highest BCUT2D eigenvalue weighted by Gasteiger charge is 2.34. The van der Waals surface area contributed by atoms with Crippen molar-refractivity contribution in [3.05, 3.63) is 94.0 Å². The number of nitrogens with one attached hydrogen (secondary N) is 1. The van der Waals surface area contributed by atoms with E-state index in [1.165, 1.54) is 17.0 Å². The van der Waals surface area contributed by atoms with Crippen molar-refractivity contribution in [3.63, 3.8) is 0 Å². The number of aryl methyl sites for hydroxylation is 2. The Morgan fingerprint density at radius 3 is 2.63 bits per heavy atom. The van der Waals surface area contributed by atoms with E-state index < -0.39 is 29.0 Å². The number of para-hydroxylation sites is 1. The summed E-state index contributed by atoms with van der Waals surface area (Å²) >= 11 is 0. The Morgan fingerprint density at radius 1 is 1.11 bits per heavy atom. The van der Waals surface area contributed by atoms with Gasteiger partial charge in [-0.2, -0.15) is 13.2 Å². The number of rotatable bonds is 6. The molecule has 0 unspecified atom stereocenters. The summed E-state index contributed by atoms with van der Waals surface area (Å²) in [4.78, 5) is 30.2. The topological polar surface area (TPSA) is 93.4 Å². The number of anilines is 1. The number of methoxy groups -OCH3 is 1. The average Bonchev–Trinajstić information content (AvgIpc) is 2.83. The van der Waals surface area contributed by atoms with E-state index in [0.717, 1.165) is 17.7 Å². The maximum atomic E-state index is 13.2. The number of nitrogens with zero attached hydrogens (tertiary/aromatic N) is 2. The molecular weight excluding hydrogens is 463 g/mol. The second kappa shape index (κ2) is 9.49. The molecule has 0 spiro atoms. The van der Waals surface area contributed by atoms with Gasteiger partial charge in [-0.25, -0.2) is 4.98 Å². The minimum atomic E-state index is -4.83. The van der Waals surface area contributed by atoms with Crippen LogP contribution < -0.4 is 15.6 Å². The van der Waals surface area contributed by atoms with Crippen LogP contribution in [-0.2, 0) is 19.1 Å². The molecule has 4 aromatic rings. The maximum absolute atomic E-state index is 13.2. The van der Waals surface area contributed by atoms with E-state index in [1.807, 2.05) is 24.3 Å². The summed E-state index contributed by atoms with van der Waals surface area (Å²) in [5, 5.41) is 12.1. The van der Waals surface area contributed by atoms with Gasteiger partial charge in [0.2, 0.25) is 0 Å². The summed E-state index contributed by atoms with van der Waals surface area (Å²) in [6.45, 7) is 0.289. The summed E-state index contributed by atoms with van der Waals surface area (Å²) in [5.41, 5.74) is -0.740. The predicted octanol–water partition coefficient (Wildman–Crippen LogP) is 4.62. The van der Waals surface area contributed by atoms with Crippen molar-refractivity contribution in [1.29, 1.82) is 0 Å². The third-order valence-corrected chi connectivity index (χ3v) is 5.48. The van der Waals surface area contributed by atoms with Gasteiger partial charge in [0.25, 0.3) is 11.5 Å². The molecule has 1 heterocycles. The Balaban J connectivity index is 1.65. The molecule has 4 rings (SSSR count). The van der Waals surface area contributed by atoms with Gasteiger partial charge in [0.1, 0.15) is 11.5 Å². The lowest BCUT2D eigenvalue weighted by Crippen LogP contribution is -2.23. The molecule has 0 aliphatic carbocycles. The van der Waals surface area contributed by atoms with Crippen molar-refractivity contribution in [1.82, 2.24) is 9.55 Å². The molecule has 0 atom stereocenters. The number of aromatic nitrogens is 2. The van der Waals surface area contributed by atoms with Crippen LogP contribution in [0.1, 0.15) is 21.5 Å². The quantitative estimate of drug-likeness (QED) is 0.417. The number of ether oxygens (including phenoxy) is 1. The number of benzene rings is 3. The van der Waals surface area contributed by atoms with Crippen LogP contribution in [0, 0.1) is 0 Å². The number of fused-ring (bicyclic) bond motifs is 1. The van der Waals surface area contributed by atoms with Crippen LogP contribution in [0.4, 0.5) is 18.9 Å². The zero-order valence-corrected chi connectivity index (χ0v) is 18.5. The number of phenols is 1. The number of halogens is 3. The highest BCUT2D eigenvalue weighted by molar-refractivity contribution is 6.08. The minimum Gasteiger partial charge on any atom is -0.507 e. The SMILES string of the molecule is COc1ccccc1CCn1cnc2cccc(NC(=O)c3ccc(O)c(C(F)(F)F)c3)c2c1=O. The summed E-state index contributed by atoms with van der Waals surface area (Å²) in [5.74, 6) is -1.16. The third-order valence-electron chi connectivity index (χ3n) is 5.48. The average molecular weight is 483 g/mol. The number of phenolic OH excluding ortho intramolecular Hbond substituents is 1. The van der Waals surface area contributed by atoms with E-state index in [9.17, 15) is 27.9 Å². The molecule has 0 aliphatic rings. The van der Waals surface area contributed by atoms with Crippen molar-refractivity contribution in [3.8, 4) is 11.5 Å². The first-order valence-corrected chi connectivity index (χ1v) is 10.5. The first-order chi connectivity index (χ1) is 16.7. The number of alkyl halides is 3. The van der Waals surface area contributed by atoms with E-state index >= 15 is 0 Å². The Morgan fingerprint density at radius 2 is 1.89 bits per heavy atom. The zero-order valence-electron chi connectivity index (χ0n) is 18.5. The number of aromatic hydroxyl groups is 1. The van der Waals surface area contributed by atoms with Gasteiger partial charge in [-0.15, -0.1) is 0 Å². The lowest BCUT2D eigenvalue weighted by molar-refractivity contribution is -0.138. The molecule has 0 fully saturated rings. The zero-order chi connectivity index (χ0) is 25.2. The van der Waals surface area contributed by atoms with Crippen molar-refractivity contribution in [2.45, 2.75) is 19.1 Å². The Labute approximate surface area is 197 Å². The molecule has 0 aliphatic heterocycles. The molecule has 180 valence electrons. The van der Waals surface area contributed by atoms with E-state index in [2.05, 4.69) is 10.3 Å². The summed E-state index contributed by atoms with van der Waals surface area (Å²) in [6.07, 6.45) is -2.94. The molecule has 0 saturated heterocycles. The Bertz CT molecular complexity index is 1460. The highest BCUT2D eigenvalue weighted by atomic mass is 19.4. The van der Waals surface area contributed by atoms with Crippen molar-refractivity contribution in [2.75, 3.05) is 12.4 Å². The Kier molecular flexibility index (Phi) is 6.46. The Hall–Kier alpha value is -4.34. The fraction of sp³-hybridized carbons (Fsp3) is 0.160. The molecule has 1 amide bonds. The van der Waals surface area contributed by atoms with Gasteiger partial charge in [0.15, 0.2) is 0 Å². The molecule has 1 aromatic heterocycles. The normalized spacial score (nSPS) is 11.4. The van der Waals surface area contributed by atoms with Crippen molar-refractivity contribution in [2.24, 2.45) is 0 Å². The van der Waals surface area contributed by atoms with E-state index in [1.54, 1.807) is 19.2 Å². The number of hydrogen-bond donors (Lipinski definition) is 2. The van der Waals surface area contributed by atoms with Gasteiger partial charge in [-0.1, -0.05) is 24.3 Å². The van der Waals surface area contributed by atoms with Gasteiger partial charge in [0, 0.05) is 12.1 Å². The fourth-order valence-electron chi connectivity index (χ4n) is 3.71.